The molecule has 1 atom stereocenters. The average molecular weight is 313 g/mol. The van der Waals surface area contributed by atoms with E-state index >= 15 is 0 Å². The van der Waals surface area contributed by atoms with Crippen molar-refractivity contribution in [3.05, 3.63) is 68.5 Å². The number of H-pyrrole nitrogens is 2. The number of aromatic amines is 2. The Balaban J connectivity index is 1.89. The number of hydrogen-bond donors (Lipinski definition) is 2. The fourth-order valence-electron chi connectivity index (χ4n) is 3.27. The van der Waals surface area contributed by atoms with Crippen LogP contribution in [-0.4, -0.2) is 33.9 Å². The van der Waals surface area contributed by atoms with Gasteiger partial charge in [0.05, 0.1) is 0 Å². The number of hydrogen-bond acceptors (Lipinski definition) is 3. The Hall–Kier alpha value is -2.63. The van der Waals surface area contributed by atoms with Crippen molar-refractivity contribution in [2.45, 2.75) is 19.8 Å². The monoisotopic (exact) mass is 313 g/mol. The summed E-state index contributed by atoms with van der Waals surface area (Å²) in [6.45, 7) is 5.35. The van der Waals surface area contributed by atoms with Gasteiger partial charge in [-0.15, -0.1) is 0 Å². The predicted molar refractivity (Wildman–Crippen MR) is 86.6 cm³/mol. The maximum absolute atomic E-state index is 12.6. The molecule has 2 heterocycles. The summed E-state index contributed by atoms with van der Waals surface area (Å²) < 4.78 is 0. The van der Waals surface area contributed by atoms with Gasteiger partial charge < -0.3 is 9.88 Å². The molecule has 1 aliphatic rings. The van der Waals surface area contributed by atoms with E-state index in [-0.39, 0.29) is 22.8 Å². The van der Waals surface area contributed by atoms with Gasteiger partial charge in [-0.1, -0.05) is 44.2 Å². The minimum Gasteiger partial charge on any atom is -0.337 e. The van der Waals surface area contributed by atoms with Crippen molar-refractivity contribution in [3.8, 4) is 0 Å². The molecule has 23 heavy (non-hydrogen) atoms. The van der Waals surface area contributed by atoms with Gasteiger partial charge in [0, 0.05) is 25.2 Å². The molecule has 0 aliphatic carbocycles. The van der Waals surface area contributed by atoms with Crippen molar-refractivity contribution < 1.29 is 4.79 Å². The van der Waals surface area contributed by atoms with Gasteiger partial charge in [0.15, 0.2) is 0 Å². The van der Waals surface area contributed by atoms with Crippen molar-refractivity contribution in [2.75, 3.05) is 13.1 Å². The minimum atomic E-state index is -0.653. The standard InChI is InChI=1S/C17H19N3O3/c1-17(2)10-20(9-13(17)11-6-4-3-5-7-11)15(22)12-8-18-16(23)19-14(12)21/h3-8,13H,9-10H2,1-2H3,(H2,18,19,21,23)/t13-/m1/s1. The van der Waals surface area contributed by atoms with E-state index in [1.165, 1.54) is 11.8 Å². The summed E-state index contributed by atoms with van der Waals surface area (Å²) in [6, 6.07) is 10.1. The van der Waals surface area contributed by atoms with Crippen LogP contribution >= 0.6 is 0 Å². The first-order valence-electron chi connectivity index (χ1n) is 7.55. The summed E-state index contributed by atoms with van der Waals surface area (Å²) in [6.07, 6.45) is 1.19. The highest BCUT2D eigenvalue weighted by atomic mass is 16.2. The van der Waals surface area contributed by atoms with Gasteiger partial charge in [-0.2, -0.15) is 0 Å². The number of amides is 1. The highest BCUT2D eigenvalue weighted by Gasteiger charge is 2.42. The number of likely N-dealkylation sites (tertiary alicyclic amines) is 1. The van der Waals surface area contributed by atoms with Crippen LogP contribution < -0.4 is 11.2 Å². The second-order valence-corrected chi connectivity index (χ2v) is 6.62. The number of nitrogens with zero attached hydrogens (tertiary/aromatic N) is 1. The summed E-state index contributed by atoms with van der Waals surface area (Å²) >= 11 is 0. The summed E-state index contributed by atoms with van der Waals surface area (Å²) in [7, 11) is 0. The van der Waals surface area contributed by atoms with Crippen LogP contribution in [0.2, 0.25) is 0 Å². The van der Waals surface area contributed by atoms with Gasteiger partial charge in [-0.25, -0.2) is 4.79 Å². The molecule has 1 saturated heterocycles. The van der Waals surface area contributed by atoms with Crippen molar-refractivity contribution in [2.24, 2.45) is 5.41 Å². The number of carbonyl (C=O) groups is 1. The molecular formula is C17H19N3O3. The zero-order valence-electron chi connectivity index (χ0n) is 13.1. The summed E-state index contributed by atoms with van der Waals surface area (Å²) in [5.74, 6) is -0.150. The highest BCUT2D eigenvalue weighted by molar-refractivity contribution is 5.93. The normalized spacial score (nSPS) is 19.7. The molecule has 1 fully saturated rings. The third kappa shape index (κ3) is 2.84. The molecule has 6 heteroatoms. The Morgan fingerprint density at radius 3 is 2.57 bits per heavy atom. The zero-order chi connectivity index (χ0) is 16.6. The molecule has 1 aliphatic heterocycles. The van der Waals surface area contributed by atoms with E-state index in [1.54, 1.807) is 4.90 Å². The topological polar surface area (TPSA) is 86.0 Å². The van der Waals surface area contributed by atoms with Crippen LogP contribution in [-0.2, 0) is 0 Å². The molecule has 2 N–H and O–H groups in total. The lowest BCUT2D eigenvalue weighted by molar-refractivity contribution is 0.0775. The van der Waals surface area contributed by atoms with E-state index in [1.807, 2.05) is 18.2 Å². The Kier molecular flexibility index (Phi) is 3.67. The molecule has 3 rings (SSSR count). The largest absolute Gasteiger partial charge is 0.337 e. The van der Waals surface area contributed by atoms with Gasteiger partial charge in [0.25, 0.3) is 11.5 Å². The minimum absolute atomic E-state index is 0.0332. The Labute approximate surface area is 133 Å². The van der Waals surface area contributed by atoms with Crippen molar-refractivity contribution in [1.29, 1.82) is 0 Å². The zero-order valence-corrected chi connectivity index (χ0v) is 13.1. The van der Waals surface area contributed by atoms with Crippen molar-refractivity contribution in [1.82, 2.24) is 14.9 Å². The molecule has 0 radical (unpaired) electrons. The summed E-state index contributed by atoms with van der Waals surface area (Å²) in [5.41, 5.74) is -0.209. The number of rotatable bonds is 2. The smallest absolute Gasteiger partial charge is 0.325 e. The van der Waals surface area contributed by atoms with Crippen LogP contribution in [0.4, 0.5) is 0 Å². The van der Waals surface area contributed by atoms with Crippen LogP contribution in [0.1, 0.15) is 35.7 Å². The first kappa shape index (κ1) is 15.3. The molecule has 1 aromatic carbocycles. The summed E-state index contributed by atoms with van der Waals surface area (Å²) in [5, 5.41) is 0. The van der Waals surface area contributed by atoms with Crippen LogP contribution in [0.5, 0.6) is 0 Å². The van der Waals surface area contributed by atoms with E-state index in [9.17, 15) is 14.4 Å². The molecule has 120 valence electrons. The third-order valence-electron chi connectivity index (χ3n) is 4.48. The van der Waals surface area contributed by atoms with E-state index in [0.717, 1.165) is 0 Å². The quantitative estimate of drug-likeness (QED) is 0.877. The van der Waals surface area contributed by atoms with E-state index in [2.05, 4.69) is 35.9 Å². The van der Waals surface area contributed by atoms with E-state index < -0.39 is 11.2 Å². The first-order chi connectivity index (χ1) is 10.9. The fraction of sp³-hybridized carbons (Fsp3) is 0.353. The SMILES string of the molecule is CC1(C)CN(C(=O)c2c[nH]c(=O)[nH]c2=O)C[C@@H]1c1ccccc1. The van der Waals surface area contributed by atoms with Gasteiger partial charge in [-0.05, 0) is 11.0 Å². The lowest BCUT2D eigenvalue weighted by Gasteiger charge is -2.25. The van der Waals surface area contributed by atoms with Gasteiger partial charge >= 0.3 is 5.69 Å². The van der Waals surface area contributed by atoms with Gasteiger partial charge in [0.2, 0.25) is 0 Å². The van der Waals surface area contributed by atoms with Crippen LogP contribution in [0, 0.1) is 5.41 Å². The second-order valence-electron chi connectivity index (χ2n) is 6.62. The number of aromatic nitrogens is 2. The summed E-state index contributed by atoms with van der Waals surface area (Å²) in [4.78, 5) is 41.7. The average Bonchev–Trinajstić information content (AvgIpc) is 2.83. The Bertz CT molecular complexity index is 836. The lowest BCUT2D eigenvalue weighted by atomic mass is 9.78. The molecule has 6 nitrogen and oxygen atoms in total. The van der Waals surface area contributed by atoms with Crippen LogP contribution in [0.3, 0.4) is 0 Å². The van der Waals surface area contributed by atoms with Crippen LogP contribution in [0.15, 0.2) is 46.1 Å². The second kappa shape index (κ2) is 5.53. The molecular weight excluding hydrogens is 294 g/mol. The molecule has 0 spiro atoms. The lowest BCUT2D eigenvalue weighted by Crippen LogP contribution is -2.36. The number of nitrogens with one attached hydrogen (secondary N) is 2. The number of carbonyl (C=O) groups excluding carboxylic acids is 1. The Morgan fingerprint density at radius 1 is 1.22 bits per heavy atom. The third-order valence-corrected chi connectivity index (χ3v) is 4.48. The maximum Gasteiger partial charge on any atom is 0.325 e. The van der Waals surface area contributed by atoms with Gasteiger partial charge in [-0.3, -0.25) is 14.6 Å². The first-order valence-corrected chi connectivity index (χ1v) is 7.55. The van der Waals surface area contributed by atoms with E-state index in [4.69, 9.17) is 0 Å². The van der Waals surface area contributed by atoms with Crippen molar-refractivity contribution >= 4 is 5.91 Å². The van der Waals surface area contributed by atoms with Gasteiger partial charge in [0.1, 0.15) is 5.56 Å². The molecule has 0 unspecified atom stereocenters. The van der Waals surface area contributed by atoms with Crippen molar-refractivity contribution in [3.63, 3.8) is 0 Å². The number of benzene rings is 1. The van der Waals surface area contributed by atoms with E-state index in [0.29, 0.717) is 13.1 Å². The molecule has 1 aromatic heterocycles. The Morgan fingerprint density at radius 2 is 1.91 bits per heavy atom. The highest BCUT2D eigenvalue weighted by Crippen LogP contribution is 2.42. The molecule has 1 amide bonds. The molecule has 2 aromatic rings. The fourth-order valence-corrected chi connectivity index (χ4v) is 3.27. The molecule has 0 bridgehead atoms. The molecule has 0 saturated carbocycles. The predicted octanol–water partition coefficient (Wildman–Crippen LogP) is 1.33. The van der Waals surface area contributed by atoms with Crippen LogP contribution in [0.25, 0.3) is 0 Å². The maximum atomic E-state index is 12.6.